The van der Waals surface area contributed by atoms with Gasteiger partial charge in [-0.05, 0) is 25.7 Å². The van der Waals surface area contributed by atoms with E-state index in [0.29, 0.717) is 0 Å². The molecule has 0 aromatic rings. The van der Waals surface area contributed by atoms with E-state index < -0.39 is 0 Å². The highest BCUT2D eigenvalue weighted by molar-refractivity contribution is 4.48. The van der Waals surface area contributed by atoms with Gasteiger partial charge < -0.3 is 9.47 Å². The van der Waals surface area contributed by atoms with Crippen molar-refractivity contribution in [2.45, 2.75) is 129 Å². The summed E-state index contributed by atoms with van der Waals surface area (Å²) in [7, 11) is 0. The van der Waals surface area contributed by atoms with Crippen LogP contribution in [0.2, 0.25) is 0 Å². The number of hydrogen-bond acceptors (Lipinski definition) is 2. The summed E-state index contributed by atoms with van der Waals surface area (Å²) in [6.07, 6.45) is 24.1. The van der Waals surface area contributed by atoms with Crippen LogP contribution in [0.3, 0.4) is 0 Å². The maximum Gasteiger partial charge on any atom is 0.0466 e. The molecule has 0 aliphatic carbocycles. The van der Waals surface area contributed by atoms with E-state index in [4.69, 9.17) is 9.47 Å². The molecule has 0 aliphatic rings. The van der Waals surface area contributed by atoms with Gasteiger partial charge in [0.15, 0.2) is 0 Å². The van der Waals surface area contributed by atoms with Crippen LogP contribution >= 0.6 is 0 Å². The molecule has 0 atom stereocenters. The average molecular weight is 371 g/mol. The van der Waals surface area contributed by atoms with Gasteiger partial charge >= 0.3 is 0 Å². The van der Waals surface area contributed by atoms with Crippen molar-refractivity contribution in [1.82, 2.24) is 0 Å². The Kier molecular flexibility index (Phi) is 24.8. The maximum atomic E-state index is 5.73. The molecule has 0 amide bonds. The first-order valence-corrected chi connectivity index (χ1v) is 12.1. The Morgan fingerprint density at radius 2 is 0.538 bits per heavy atom. The Morgan fingerprint density at radius 1 is 0.308 bits per heavy atom. The molecule has 2 nitrogen and oxygen atoms in total. The predicted octanol–water partition coefficient (Wildman–Crippen LogP) is 8.08. The monoisotopic (exact) mass is 370 g/mol. The smallest absolute Gasteiger partial charge is 0.0466 e. The van der Waals surface area contributed by atoms with Crippen LogP contribution in [0.15, 0.2) is 0 Å². The van der Waals surface area contributed by atoms with Gasteiger partial charge in [0.05, 0.1) is 0 Å². The molecule has 0 rings (SSSR count). The van der Waals surface area contributed by atoms with Crippen molar-refractivity contribution in [1.29, 1.82) is 0 Å². The van der Waals surface area contributed by atoms with Crippen molar-refractivity contribution < 1.29 is 9.47 Å². The molecular formula is C24H50O2. The second kappa shape index (κ2) is 24.9. The molecular weight excluding hydrogens is 320 g/mol. The molecule has 0 aromatic carbocycles. The molecule has 0 aliphatic heterocycles. The first kappa shape index (κ1) is 25.9. The van der Waals surface area contributed by atoms with Gasteiger partial charge in [-0.2, -0.15) is 0 Å². The van der Waals surface area contributed by atoms with E-state index in [1.54, 1.807) is 0 Å². The lowest BCUT2D eigenvalue weighted by Crippen LogP contribution is -1.98. The predicted molar refractivity (Wildman–Crippen MR) is 116 cm³/mol. The largest absolute Gasteiger partial charge is 0.381 e. The van der Waals surface area contributed by atoms with E-state index in [-0.39, 0.29) is 0 Å². The van der Waals surface area contributed by atoms with Gasteiger partial charge in [-0.3, -0.25) is 0 Å². The lowest BCUT2D eigenvalue weighted by molar-refractivity contribution is 0.123. The van der Waals surface area contributed by atoms with Crippen molar-refractivity contribution in [3.8, 4) is 0 Å². The van der Waals surface area contributed by atoms with Crippen LogP contribution in [0.1, 0.15) is 129 Å². The zero-order chi connectivity index (χ0) is 19.0. The Bertz CT molecular complexity index is 206. The quantitative estimate of drug-likeness (QED) is 0.169. The zero-order valence-corrected chi connectivity index (χ0v) is 18.4. The summed E-state index contributed by atoms with van der Waals surface area (Å²) in [4.78, 5) is 0. The second-order valence-corrected chi connectivity index (χ2v) is 7.88. The third kappa shape index (κ3) is 23.9. The summed E-state index contributed by atoms with van der Waals surface area (Å²) in [5.41, 5.74) is 0. The van der Waals surface area contributed by atoms with E-state index in [9.17, 15) is 0 Å². The van der Waals surface area contributed by atoms with Gasteiger partial charge in [0.1, 0.15) is 0 Å². The Morgan fingerprint density at radius 3 is 0.808 bits per heavy atom. The highest BCUT2D eigenvalue weighted by Crippen LogP contribution is 2.08. The van der Waals surface area contributed by atoms with Crippen molar-refractivity contribution >= 4 is 0 Å². The number of hydrogen-bond donors (Lipinski definition) is 0. The van der Waals surface area contributed by atoms with Crippen molar-refractivity contribution in [3.63, 3.8) is 0 Å². The Balaban J connectivity index is 2.95. The van der Waals surface area contributed by atoms with E-state index in [1.807, 2.05) is 0 Å². The molecule has 0 bridgehead atoms. The van der Waals surface area contributed by atoms with Crippen LogP contribution in [0.4, 0.5) is 0 Å². The van der Waals surface area contributed by atoms with Gasteiger partial charge in [0.25, 0.3) is 0 Å². The fourth-order valence-electron chi connectivity index (χ4n) is 3.29. The molecule has 0 radical (unpaired) electrons. The number of unbranched alkanes of at least 4 members (excludes halogenated alkanes) is 15. The fourth-order valence-corrected chi connectivity index (χ4v) is 3.29. The molecule has 2 heteroatoms. The van der Waals surface area contributed by atoms with Crippen LogP contribution in [0.5, 0.6) is 0 Å². The third-order valence-corrected chi connectivity index (χ3v) is 5.11. The van der Waals surface area contributed by atoms with Crippen molar-refractivity contribution in [3.05, 3.63) is 0 Å². The first-order valence-electron chi connectivity index (χ1n) is 12.1. The van der Waals surface area contributed by atoms with Crippen LogP contribution in [0.25, 0.3) is 0 Å². The molecule has 0 saturated heterocycles. The minimum absolute atomic E-state index is 0.969. The minimum Gasteiger partial charge on any atom is -0.381 e. The highest BCUT2D eigenvalue weighted by atomic mass is 16.5. The molecule has 26 heavy (non-hydrogen) atoms. The van der Waals surface area contributed by atoms with Gasteiger partial charge in [0.2, 0.25) is 0 Å². The fraction of sp³-hybridized carbons (Fsp3) is 1.00. The standard InChI is InChI=1S/C24H50O2/c1-3-5-7-9-13-17-21-25-23-19-15-11-12-16-20-24-26-22-18-14-10-8-6-4-2/h3-24H2,1-2H3. The van der Waals surface area contributed by atoms with Gasteiger partial charge in [-0.1, -0.05) is 104 Å². The summed E-state index contributed by atoms with van der Waals surface area (Å²) in [5.74, 6) is 0. The van der Waals surface area contributed by atoms with Crippen LogP contribution < -0.4 is 0 Å². The SMILES string of the molecule is CCCCCCCCOCCCCCCCCOCCCCCCCC. The lowest BCUT2D eigenvalue weighted by atomic mass is 10.1. The van der Waals surface area contributed by atoms with Gasteiger partial charge in [-0.15, -0.1) is 0 Å². The molecule has 0 fully saturated rings. The third-order valence-electron chi connectivity index (χ3n) is 5.11. The molecule has 0 saturated carbocycles. The van der Waals surface area contributed by atoms with Gasteiger partial charge in [0, 0.05) is 26.4 Å². The molecule has 0 spiro atoms. The van der Waals surface area contributed by atoms with Crippen molar-refractivity contribution in [2.75, 3.05) is 26.4 Å². The normalized spacial score (nSPS) is 11.3. The number of rotatable bonds is 23. The summed E-state index contributed by atoms with van der Waals surface area (Å²) in [6, 6.07) is 0. The van der Waals surface area contributed by atoms with Crippen LogP contribution in [0, 0.1) is 0 Å². The summed E-state index contributed by atoms with van der Waals surface area (Å²) in [5, 5.41) is 0. The molecule has 0 unspecified atom stereocenters. The molecule has 158 valence electrons. The Hall–Kier alpha value is -0.0800. The molecule has 0 heterocycles. The van der Waals surface area contributed by atoms with E-state index in [2.05, 4.69) is 13.8 Å². The minimum atomic E-state index is 0.969. The maximum absolute atomic E-state index is 5.73. The van der Waals surface area contributed by atoms with Crippen molar-refractivity contribution in [2.24, 2.45) is 0 Å². The zero-order valence-electron chi connectivity index (χ0n) is 18.4. The molecule has 0 N–H and O–H groups in total. The van der Waals surface area contributed by atoms with E-state index >= 15 is 0 Å². The van der Waals surface area contributed by atoms with Crippen LogP contribution in [-0.4, -0.2) is 26.4 Å². The topological polar surface area (TPSA) is 18.5 Å². The lowest BCUT2D eigenvalue weighted by Gasteiger charge is -2.06. The highest BCUT2D eigenvalue weighted by Gasteiger charge is 1.95. The summed E-state index contributed by atoms with van der Waals surface area (Å²) in [6.45, 7) is 8.43. The van der Waals surface area contributed by atoms with E-state index in [0.717, 1.165) is 26.4 Å². The van der Waals surface area contributed by atoms with E-state index in [1.165, 1.54) is 116 Å². The Labute approximate surface area is 165 Å². The summed E-state index contributed by atoms with van der Waals surface area (Å²) >= 11 is 0. The van der Waals surface area contributed by atoms with Crippen LogP contribution in [-0.2, 0) is 9.47 Å². The van der Waals surface area contributed by atoms with Gasteiger partial charge in [-0.25, -0.2) is 0 Å². The second-order valence-electron chi connectivity index (χ2n) is 7.88. The average Bonchev–Trinajstić information content (AvgIpc) is 2.66. The molecule has 0 aromatic heterocycles. The number of ether oxygens (including phenoxy) is 2. The summed E-state index contributed by atoms with van der Waals surface area (Å²) < 4.78 is 11.5. The first-order chi connectivity index (χ1) is 12.9.